The van der Waals surface area contributed by atoms with Crippen LogP contribution >= 0.6 is 0 Å². The molecule has 1 heterocycles. The molecule has 0 fully saturated rings. The fourth-order valence-electron chi connectivity index (χ4n) is 1.66. The first-order valence-electron chi connectivity index (χ1n) is 6.30. The summed E-state index contributed by atoms with van der Waals surface area (Å²) in [5.41, 5.74) is 0. The smallest absolute Gasteiger partial charge is 0.219 e. The van der Waals surface area contributed by atoms with Gasteiger partial charge in [-0.3, -0.25) is 0 Å². The lowest BCUT2D eigenvalue weighted by atomic mass is 10.1. The molecule has 1 rings (SSSR count). The van der Waals surface area contributed by atoms with Crippen LogP contribution in [0.1, 0.15) is 57.7 Å². The largest absolute Gasteiger partial charge is 0.425 e. The fraction of sp³-hybridized carbons (Fsp3) is 0.833. The van der Waals surface area contributed by atoms with Crippen LogP contribution in [0.5, 0.6) is 0 Å². The summed E-state index contributed by atoms with van der Waals surface area (Å²) >= 11 is 0. The number of aryl methyl sites for hydroxylation is 1. The van der Waals surface area contributed by atoms with Gasteiger partial charge in [0.25, 0.3) is 0 Å². The fourth-order valence-corrected chi connectivity index (χ4v) is 1.66. The molecule has 0 saturated heterocycles. The van der Waals surface area contributed by atoms with Crippen molar-refractivity contribution < 1.29 is 4.42 Å². The molecule has 0 aliphatic heterocycles. The van der Waals surface area contributed by atoms with E-state index in [1.54, 1.807) is 0 Å². The maximum atomic E-state index is 5.63. The Morgan fingerprint density at radius 2 is 2.12 bits per heavy atom. The third-order valence-corrected chi connectivity index (χ3v) is 2.62. The second-order valence-corrected chi connectivity index (χ2v) is 4.18. The molecular formula is C12H23N3O. The topological polar surface area (TPSA) is 51.0 Å². The van der Waals surface area contributed by atoms with Crippen LogP contribution in [0.2, 0.25) is 0 Å². The Kier molecular flexibility index (Phi) is 6.08. The minimum Gasteiger partial charge on any atom is -0.425 e. The average Bonchev–Trinajstić information content (AvgIpc) is 2.73. The number of hydrogen-bond acceptors (Lipinski definition) is 4. The third kappa shape index (κ3) is 4.31. The molecule has 1 unspecified atom stereocenters. The highest BCUT2D eigenvalue weighted by Gasteiger charge is 2.12. The predicted octanol–water partition coefficient (Wildman–Crippen LogP) is 2.52. The minimum atomic E-state index is 0.389. The van der Waals surface area contributed by atoms with Gasteiger partial charge in [0.15, 0.2) is 0 Å². The van der Waals surface area contributed by atoms with E-state index in [1.807, 2.05) is 0 Å². The monoisotopic (exact) mass is 225 g/mol. The van der Waals surface area contributed by atoms with E-state index in [-0.39, 0.29) is 0 Å². The Labute approximate surface area is 97.8 Å². The van der Waals surface area contributed by atoms with Crippen LogP contribution in [0.25, 0.3) is 0 Å². The van der Waals surface area contributed by atoms with E-state index in [9.17, 15) is 0 Å². The van der Waals surface area contributed by atoms with Crippen molar-refractivity contribution in [1.82, 2.24) is 15.5 Å². The molecular weight excluding hydrogens is 202 g/mol. The highest BCUT2D eigenvalue weighted by atomic mass is 16.4. The van der Waals surface area contributed by atoms with Gasteiger partial charge >= 0.3 is 0 Å². The molecule has 0 aliphatic rings. The zero-order valence-corrected chi connectivity index (χ0v) is 10.6. The van der Waals surface area contributed by atoms with Gasteiger partial charge in [0.1, 0.15) is 0 Å². The zero-order chi connectivity index (χ0) is 11.8. The van der Waals surface area contributed by atoms with Crippen molar-refractivity contribution in [3.63, 3.8) is 0 Å². The van der Waals surface area contributed by atoms with E-state index in [2.05, 4.69) is 36.3 Å². The summed E-state index contributed by atoms with van der Waals surface area (Å²) in [4.78, 5) is 0. The van der Waals surface area contributed by atoms with Gasteiger partial charge in [-0.2, -0.15) is 0 Å². The first-order chi connectivity index (χ1) is 7.77. The van der Waals surface area contributed by atoms with Gasteiger partial charge in [-0.1, -0.05) is 27.2 Å². The second-order valence-electron chi connectivity index (χ2n) is 4.18. The van der Waals surface area contributed by atoms with Crippen LogP contribution in [0, 0.1) is 0 Å². The Hall–Kier alpha value is -0.900. The van der Waals surface area contributed by atoms with E-state index >= 15 is 0 Å². The molecule has 0 aromatic carbocycles. The normalized spacial score (nSPS) is 12.9. The summed E-state index contributed by atoms with van der Waals surface area (Å²) in [5.74, 6) is 1.95. The van der Waals surface area contributed by atoms with Crippen molar-refractivity contribution in [2.45, 2.75) is 52.4 Å². The highest BCUT2D eigenvalue weighted by molar-refractivity contribution is 4.89. The van der Waals surface area contributed by atoms with Crippen LogP contribution in [-0.2, 0) is 6.42 Å². The van der Waals surface area contributed by atoms with Gasteiger partial charge in [-0.25, -0.2) is 0 Å². The lowest BCUT2D eigenvalue weighted by Gasteiger charge is -2.02. The molecule has 92 valence electrons. The summed E-state index contributed by atoms with van der Waals surface area (Å²) < 4.78 is 5.63. The first kappa shape index (κ1) is 13.2. The lowest BCUT2D eigenvalue weighted by molar-refractivity contribution is 0.409. The number of nitrogens with one attached hydrogen (secondary N) is 1. The van der Waals surface area contributed by atoms with E-state index < -0.39 is 0 Å². The molecule has 0 saturated carbocycles. The minimum absolute atomic E-state index is 0.389. The number of nitrogens with zero attached hydrogens (tertiary/aromatic N) is 2. The van der Waals surface area contributed by atoms with Crippen molar-refractivity contribution in [3.8, 4) is 0 Å². The molecule has 0 amide bonds. The molecule has 4 heteroatoms. The van der Waals surface area contributed by atoms with Crippen LogP contribution < -0.4 is 5.32 Å². The van der Waals surface area contributed by atoms with Gasteiger partial charge in [-0.15, -0.1) is 10.2 Å². The molecule has 1 aromatic rings. The lowest BCUT2D eigenvalue weighted by Crippen LogP contribution is -2.14. The Bertz CT molecular complexity index is 286. The van der Waals surface area contributed by atoms with Crippen molar-refractivity contribution in [2.24, 2.45) is 0 Å². The van der Waals surface area contributed by atoms with Gasteiger partial charge in [0.2, 0.25) is 11.8 Å². The molecule has 16 heavy (non-hydrogen) atoms. The Balaban J connectivity index is 2.33. The van der Waals surface area contributed by atoms with Crippen molar-refractivity contribution >= 4 is 0 Å². The quantitative estimate of drug-likeness (QED) is 0.691. The molecule has 1 atom stereocenters. The molecule has 0 bridgehead atoms. The average molecular weight is 225 g/mol. The molecule has 0 radical (unpaired) electrons. The van der Waals surface area contributed by atoms with Crippen LogP contribution in [-0.4, -0.2) is 23.3 Å². The summed E-state index contributed by atoms with van der Waals surface area (Å²) in [5, 5.41) is 11.4. The van der Waals surface area contributed by atoms with E-state index in [4.69, 9.17) is 4.42 Å². The number of hydrogen-bond donors (Lipinski definition) is 1. The summed E-state index contributed by atoms with van der Waals surface area (Å²) in [7, 11) is 0. The maximum absolute atomic E-state index is 5.63. The molecule has 1 aromatic heterocycles. The van der Waals surface area contributed by atoms with Crippen LogP contribution in [0.4, 0.5) is 0 Å². The SMILES string of the molecule is CCCC(C)c1nnc(CCCNCC)o1. The van der Waals surface area contributed by atoms with Crippen LogP contribution in [0.15, 0.2) is 4.42 Å². The zero-order valence-electron chi connectivity index (χ0n) is 10.6. The van der Waals surface area contributed by atoms with Gasteiger partial charge in [-0.05, 0) is 25.9 Å². The summed E-state index contributed by atoms with van der Waals surface area (Å²) in [6, 6.07) is 0. The number of aromatic nitrogens is 2. The first-order valence-corrected chi connectivity index (χ1v) is 6.30. The summed E-state index contributed by atoms with van der Waals surface area (Å²) in [6.45, 7) is 8.45. The molecule has 0 aliphatic carbocycles. The van der Waals surface area contributed by atoms with Gasteiger partial charge < -0.3 is 9.73 Å². The van der Waals surface area contributed by atoms with E-state index in [0.717, 1.165) is 50.6 Å². The molecule has 0 spiro atoms. The second kappa shape index (κ2) is 7.39. The maximum Gasteiger partial charge on any atom is 0.219 e. The van der Waals surface area contributed by atoms with Gasteiger partial charge in [0, 0.05) is 12.3 Å². The third-order valence-electron chi connectivity index (χ3n) is 2.62. The Morgan fingerprint density at radius 1 is 1.31 bits per heavy atom. The van der Waals surface area contributed by atoms with Crippen molar-refractivity contribution in [1.29, 1.82) is 0 Å². The standard InChI is InChI=1S/C12H23N3O/c1-4-7-10(3)12-15-14-11(16-12)8-6-9-13-5-2/h10,13H,4-9H2,1-3H3. The van der Waals surface area contributed by atoms with E-state index in [0.29, 0.717) is 5.92 Å². The number of rotatable bonds is 8. The Morgan fingerprint density at radius 3 is 2.81 bits per heavy atom. The van der Waals surface area contributed by atoms with Crippen molar-refractivity contribution in [2.75, 3.05) is 13.1 Å². The molecule has 1 N–H and O–H groups in total. The van der Waals surface area contributed by atoms with Crippen molar-refractivity contribution in [3.05, 3.63) is 11.8 Å². The predicted molar refractivity (Wildman–Crippen MR) is 64.5 cm³/mol. The van der Waals surface area contributed by atoms with E-state index in [1.165, 1.54) is 0 Å². The summed E-state index contributed by atoms with van der Waals surface area (Å²) in [6.07, 6.45) is 4.19. The van der Waals surface area contributed by atoms with Gasteiger partial charge in [0.05, 0.1) is 0 Å². The highest BCUT2D eigenvalue weighted by Crippen LogP contribution is 2.19. The van der Waals surface area contributed by atoms with Crippen LogP contribution in [0.3, 0.4) is 0 Å². The molecule has 4 nitrogen and oxygen atoms in total.